The minimum absolute atomic E-state index is 0.535. The number of benzene rings is 1. The van der Waals surface area contributed by atoms with Crippen molar-refractivity contribution in [2.75, 3.05) is 7.05 Å². The van der Waals surface area contributed by atoms with E-state index in [-0.39, 0.29) is 0 Å². The third-order valence-electron chi connectivity index (χ3n) is 2.90. The summed E-state index contributed by atoms with van der Waals surface area (Å²) in [6, 6.07) is 7.01. The highest BCUT2D eigenvalue weighted by atomic mass is 79.9. The van der Waals surface area contributed by atoms with Crippen LogP contribution in [-0.4, -0.2) is 7.05 Å². The summed E-state index contributed by atoms with van der Waals surface area (Å²) in [6.45, 7) is 2.30. The first-order valence-corrected chi connectivity index (χ1v) is 5.48. The summed E-state index contributed by atoms with van der Waals surface area (Å²) >= 11 is 3.60. The smallest absolute Gasteiger partial charge is 0.0349 e. The predicted molar refractivity (Wildman–Crippen MR) is 58.8 cm³/mol. The molecule has 0 saturated heterocycles. The molecule has 1 aliphatic carbocycles. The molecule has 1 N–H and O–H groups in total. The van der Waals surface area contributed by atoms with Crippen LogP contribution in [0, 0.1) is 5.92 Å². The van der Waals surface area contributed by atoms with Crippen molar-refractivity contribution in [2.45, 2.75) is 19.4 Å². The van der Waals surface area contributed by atoms with Crippen molar-refractivity contribution in [1.29, 1.82) is 0 Å². The van der Waals surface area contributed by atoms with Gasteiger partial charge in [-0.15, -0.1) is 0 Å². The molecule has 2 unspecified atom stereocenters. The van der Waals surface area contributed by atoms with E-state index in [1.54, 1.807) is 0 Å². The molecule has 2 heteroatoms. The molecule has 0 spiro atoms. The average molecular weight is 240 g/mol. The molecule has 0 saturated carbocycles. The molecule has 1 aromatic rings. The van der Waals surface area contributed by atoms with Gasteiger partial charge in [0, 0.05) is 10.5 Å². The number of hydrogen-bond donors (Lipinski definition) is 1. The van der Waals surface area contributed by atoms with Gasteiger partial charge in [0.2, 0.25) is 0 Å². The lowest BCUT2D eigenvalue weighted by Gasteiger charge is -2.15. The van der Waals surface area contributed by atoms with Crippen molar-refractivity contribution in [3.63, 3.8) is 0 Å². The van der Waals surface area contributed by atoms with Crippen molar-refractivity contribution in [2.24, 2.45) is 5.92 Å². The summed E-state index contributed by atoms with van der Waals surface area (Å²) < 4.78 is 1.26. The second-order valence-electron chi connectivity index (χ2n) is 3.76. The van der Waals surface area contributed by atoms with E-state index in [1.165, 1.54) is 22.0 Å². The first-order chi connectivity index (χ1) is 6.24. The molecule has 13 heavy (non-hydrogen) atoms. The first kappa shape index (κ1) is 9.22. The van der Waals surface area contributed by atoms with E-state index in [0.29, 0.717) is 12.0 Å². The minimum Gasteiger partial charge on any atom is -0.313 e. The van der Waals surface area contributed by atoms with Crippen LogP contribution in [0.15, 0.2) is 22.7 Å². The van der Waals surface area contributed by atoms with Gasteiger partial charge in [-0.3, -0.25) is 0 Å². The zero-order chi connectivity index (χ0) is 9.42. The van der Waals surface area contributed by atoms with Gasteiger partial charge in [0.25, 0.3) is 0 Å². The second kappa shape index (κ2) is 3.43. The van der Waals surface area contributed by atoms with E-state index in [4.69, 9.17) is 0 Å². The SMILES string of the molecule is CNC1c2cccc(Br)c2CC1C. The second-order valence-corrected chi connectivity index (χ2v) is 4.61. The molecular formula is C11H14BrN. The maximum atomic E-state index is 3.60. The molecule has 0 radical (unpaired) electrons. The van der Waals surface area contributed by atoms with E-state index in [9.17, 15) is 0 Å². The molecule has 1 aliphatic rings. The molecule has 1 aromatic carbocycles. The highest BCUT2D eigenvalue weighted by Crippen LogP contribution is 2.38. The summed E-state index contributed by atoms with van der Waals surface area (Å²) in [5.41, 5.74) is 2.94. The Morgan fingerprint density at radius 3 is 2.92 bits per heavy atom. The Hall–Kier alpha value is -0.340. The maximum absolute atomic E-state index is 3.60. The number of hydrogen-bond acceptors (Lipinski definition) is 1. The third kappa shape index (κ3) is 1.42. The zero-order valence-electron chi connectivity index (χ0n) is 7.97. The summed E-state index contributed by atoms with van der Waals surface area (Å²) in [6.07, 6.45) is 1.18. The van der Waals surface area contributed by atoms with Crippen molar-refractivity contribution in [1.82, 2.24) is 5.32 Å². The fourth-order valence-electron chi connectivity index (χ4n) is 2.27. The van der Waals surface area contributed by atoms with E-state index >= 15 is 0 Å². The van der Waals surface area contributed by atoms with Gasteiger partial charge in [-0.2, -0.15) is 0 Å². The standard InChI is InChI=1S/C11H14BrN/c1-7-6-9-8(11(7)13-2)4-3-5-10(9)12/h3-5,7,11,13H,6H2,1-2H3. The number of rotatable bonds is 1. The van der Waals surface area contributed by atoms with Gasteiger partial charge < -0.3 is 5.32 Å². The molecule has 2 rings (SSSR count). The van der Waals surface area contributed by atoms with Gasteiger partial charge >= 0.3 is 0 Å². The average Bonchev–Trinajstić information content (AvgIpc) is 2.43. The topological polar surface area (TPSA) is 12.0 Å². The van der Waals surface area contributed by atoms with Gasteiger partial charge in [-0.25, -0.2) is 0 Å². The summed E-state index contributed by atoms with van der Waals surface area (Å²) in [5.74, 6) is 0.707. The first-order valence-electron chi connectivity index (χ1n) is 4.68. The van der Waals surface area contributed by atoms with Crippen LogP contribution in [0.2, 0.25) is 0 Å². The Kier molecular flexibility index (Phi) is 2.43. The van der Waals surface area contributed by atoms with Crippen LogP contribution >= 0.6 is 15.9 Å². The maximum Gasteiger partial charge on any atom is 0.0349 e. The van der Waals surface area contributed by atoms with Crippen LogP contribution in [-0.2, 0) is 6.42 Å². The highest BCUT2D eigenvalue weighted by Gasteiger charge is 2.28. The Balaban J connectivity index is 2.48. The van der Waals surface area contributed by atoms with Crippen molar-refractivity contribution in [3.8, 4) is 0 Å². The zero-order valence-corrected chi connectivity index (χ0v) is 9.56. The summed E-state index contributed by atoms with van der Waals surface area (Å²) in [5, 5.41) is 3.38. The lowest BCUT2D eigenvalue weighted by atomic mass is 10.0. The number of nitrogens with one attached hydrogen (secondary N) is 1. The van der Waals surface area contributed by atoms with Crippen molar-refractivity contribution in [3.05, 3.63) is 33.8 Å². The van der Waals surface area contributed by atoms with Crippen LogP contribution in [0.4, 0.5) is 0 Å². The lowest BCUT2D eigenvalue weighted by molar-refractivity contribution is 0.447. The molecule has 0 fully saturated rings. The largest absolute Gasteiger partial charge is 0.313 e. The van der Waals surface area contributed by atoms with E-state index in [1.807, 2.05) is 7.05 Å². The molecule has 1 nitrogen and oxygen atoms in total. The molecule has 0 heterocycles. The summed E-state index contributed by atoms with van der Waals surface area (Å²) in [7, 11) is 2.04. The normalized spacial score (nSPS) is 26.1. The Bertz CT molecular complexity index is 322. The van der Waals surface area contributed by atoms with Gasteiger partial charge in [0.05, 0.1) is 0 Å². The Labute approximate surface area is 87.7 Å². The van der Waals surface area contributed by atoms with E-state index < -0.39 is 0 Å². The van der Waals surface area contributed by atoms with Gasteiger partial charge in [0.15, 0.2) is 0 Å². The summed E-state index contributed by atoms with van der Waals surface area (Å²) in [4.78, 5) is 0. The third-order valence-corrected chi connectivity index (χ3v) is 3.64. The molecular weight excluding hydrogens is 226 g/mol. The van der Waals surface area contributed by atoms with Gasteiger partial charge in [-0.05, 0) is 36.6 Å². The predicted octanol–water partition coefficient (Wildman–Crippen LogP) is 2.90. The fraction of sp³-hybridized carbons (Fsp3) is 0.455. The van der Waals surface area contributed by atoms with Crippen LogP contribution in [0.25, 0.3) is 0 Å². The van der Waals surface area contributed by atoms with Crippen LogP contribution in [0.3, 0.4) is 0 Å². The molecule has 70 valence electrons. The molecule has 2 atom stereocenters. The Morgan fingerprint density at radius 1 is 1.46 bits per heavy atom. The monoisotopic (exact) mass is 239 g/mol. The molecule has 0 amide bonds. The molecule has 0 aromatic heterocycles. The van der Waals surface area contributed by atoms with Crippen LogP contribution in [0.1, 0.15) is 24.1 Å². The number of halogens is 1. The highest BCUT2D eigenvalue weighted by molar-refractivity contribution is 9.10. The molecule has 0 aliphatic heterocycles. The molecule has 0 bridgehead atoms. The quantitative estimate of drug-likeness (QED) is 0.795. The van der Waals surface area contributed by atoms with Crippen molar-refractivity contribution < 1.29 is 0 Å². The Morgan fingerprint density at radius 2 is 2.23 bits per heavy atom. The van der Waals surface area contributed by atoms with E-state index in [2.05, 4.69) is 46.4 Å². The van der Waals surface area contributed by atoms with Crippen LogP contribution in [0.5, 0.6) is 0 Å². The van der Waals surface area contributed by atoms with Gasteiger partial charge in [0.1, 0.15) is 0 Å². The van der Waals surface area contributed by atoms with Crippen LogP contribution < -0.4 is 5.32 Å². The lowest BCUT2D eigenvalue weighted by Crippen LogP contribution is -2.19. The number of fused-ring (bicyclic) bond motifs is 1. The van der Waals surface area contributed by atoms with E-state index in [0.717, 1.165) is 0 Å². The fourth-order valence-corrected chi connectivity index (χ4v) is 2.81. The van der Waals surface area contributed by atoms with Gasteiger partial charge in [-0.1, -0.05) is 35.0 Å². The minimum atomic E-state index is 0.535. The van der Waals surface area contributed by atoms with Crippen molar-refractivity contribution >= 4 is 15.9 Å².